The first-order valence-electron chi connectivity index (χ1n) is 4.56. The molecular formula is C7H16O5P2. The SMILES string of the molecule is CCO[P@@]1(=O)COC[P@@](=O)(OCC)C1. The van der Waals surface area contributed by atoms with E-state index in [4.69, 9.17) is 13.8 Å². The largest absolute Gasteiger partial charge is 0.361 e. The van der Waals surface area contributed by atoms with E-state index in [0.717, 1.165) is 0 Å². The van der Waals surface area contributed by atoms with Crippen LogP contribution in [0, 0.1) is 0 Å². The van der Waals surface area contributed by atoms with E-state index in [0.29, 0.717) is 13.2 Å². The quantitative estimate of drug-likeness (QED) is 0.709. The molecule has 0 aliphatic carbocycles. The molecule has 1 heterocycles. The second-order valence-corrected chi connectivity index (χ2v) is 8.49. The summed E-state index contributed by atoms with van der Waals surface area (Å²) in [5.41, 5.74) is 0. The molecule has 0 N–H and O–H groups in total. The fraction of sp³-hybridized carbons (Fsp3) is 1.00. The number of hydrogen-bond donors (Lipinski definition) is 0. The van der Waals surface area contributed by atoms with Crippen molar-refractivity contribution in [1.82, 2.24) is 0 Å². The summed E-state index contributed by atoms with van der Waals surface area (Å²) in [4.78, 5) is 0. The third-order valence-corrected chi connectivity index (χ3v) is 7.79. The van der Waals surface area contributed by atoms with Crippen LogP contribution in [-0.4, -0.2) is 31.8 Å². The third-order valence-electron chi connectivity index (χ3n) is 1.74. The fourth-order valence-corrected chi connectivity index (χ4v) is 7.26. The van der Waals surface area contributed by atoms with Gasteiger partial charge in [0.25, 0.3) is 0 Å². The van der Waals surface area contributed by atoms with E-state index in [9.17, 15) is 9.13 Å². The van der Waals surface area contributed by atoms with Crippen molar-refractivity contribution in [2.75, 3.05) is 31.8 Å². The van der Waals surface area contributed by atoms with Gasteiger partial charge in [-0.3, -0.25) is 9.13 Å². The van der Waals surface area contributed by atoms with Gasteiger partial charge in [0.1, 0.15) is 18.6 Å². The monoisotopic (exact) mass is 242 g/mol. The van der Waals surface area contributed by atoms with E-state index >= 15 is 0 Å². The molecule has 0 aromatic heterocycles. The summed E-state index contributed by atoms with van der Waals surface area (Å²) in [7, 11) is -5.75. The Balaban J connectivity index is 2.68. The molecule has 1 saturated heterocycles. The van der Waals surface area contributed by atoms with Crippen molar-refractivity contribution < 1.29 is 22.9 Å². The zero-order chi connectivity index (χ0) is 10.7. The van der Waals surface area contributed by atoms with Gasteiger partial charge in [0, 0.05) is 0 Å². The van der Waals surface area contributed by atoms with Gasteiger partial charge in [-0.25, -0.2) is 0 Å². The first-order valence-corrected chi connectivity index (χ1v) is 8.55. The standard InChI is InChI=1S/C7H16O5P2/c1-3-11-13(8)5-10-6-14(9,7-13)12-4-2/h3-7H2,1-2H3/t13-,14+. The molecule has 84 valence electrons. The Labute approximate surface area is 84.0 Å². The Morgan fingerprint density at radius 3 is 1.86 bits per heavy atom. The highest BCUT2D eigenvalue weighted by Gasteiger charge is 2.40. The van der Waals surface area contributed by atoms with E-state index in [-0.39, 0.29) is 18.6 Å². The van der Waals surface area contributed by atoms with Crippen molar-refractivity contribution in [2.24, 2.45) is 0 Å². The van der Waals surface area contributed by atoms with E-state index in [1.54, 1.807) is 13.8 Å². The Morgan fingerprint density at radius 2 is 1.50 bits per heavy atom. The predicted molar refractivity (Wildman–Crippen MR) is 54.2 cm³/mol. The molecule has 0 bridgehead atoms. The molecule has 2 atom stereocenters. The normalized spacial score (nSPS) is 38.4. The van der Waals surface area contributed by atoms with Crippen LogP contribution >= 0.6 is 14.7 Å². The average molecular weight is 242 g/mol. The first-order chi connectivity index (χ1) is 6.54. The summed E-state index contributed by atoms with van der Waals surface area (Å²) in [6.45, 7) is 4.18. The molecule has 0 radical (unpaired) electrons. The van der Waals surface area contributed by atoms with Gasteiger partial charge < -0.3 is 13.8 Å². The maximum absolute atomic E-state index is 11.9. The zero-order valence-corrected chi connectivity index (χ0v) is 10.3. The van der Waals surface area contributed by atoms with Crippen LogP contribution in [0.15, 0.2) is 0 Å². The molecule has 14 heavy (non-hydrogen) atoms. The Bertz CT molecular complexity index is 239. The molecular weight excluding hydrogens is 226 g/mol. The number of hydrogen-bond acceptors (Lipinski definition) is 5. The zero-order valence-electron chi connectivity index (χ0n) is 8.47. The first kappa shape index (κ1) is 12.4. The van der Waals surface area contributed by atoms with Crippen LogP contribution in [0.4, 0.5) is 0 Å². The van der Waals surface area contributed by atoms with Crippen LogP contribution in [-0.2, 0) is 22.9 Å². The minimum atomic E-state index is -2.88. The molecule has 1 fully saturated rings. The van der Waals surface area contributed by atoms with Crippen molar-refractivity contribution in [2.45, 2.75) is 13.8 Å². The van der Waals surface area contributed by atoms with Gasteiger partial charge in [-0.05, 0) is 13.8 Å². The highest BCUT2D eigenvalue weighted by atomic mass is 31.2. The Hall–Kier alpha value is 0.340. The lowest BCUT2D eigenvalue weighted by Gasteiger charge is -2.28. The number of ether oxygens (including phenoxy) is 1. The van der Waals surface area contributed by atoms with E-state index in [1.807, 2.05) is 0 Å². The van der Waals surface area contributed by atoms with Gasteiger partial charge in [0.15, 0.2) is 0 Å². The minimum absolute atomic E-state index is 0.0156. The Morgan fingerprint density at radius 1 is 1.07 bits per heavy atom. The van der Waals surface area contributed by atoms with Gasteiger partial charge in [-0.2, -0.15) is 0 Å². The van der Waals surface area contributed by atoms with Gasteiger partial charge in [0.05, 0.1) is 13.2 Å². The summed E-state index contributed by atoms with van der Waals surface area (Å²) in [5.74, 6) is 0.0156. The van der Waals surface area contributed by atoms with E-state index in [1.165, 1.54) is 0 Å². The molecule has 7 heteroatoms. The van der Waals surface area contributed by atoms with Crippen LogP contribution in [0.1, 0.15) is 13.8 Å². The Kier molecular flexibility index (Phi) is 4.35. The van der Waals surface area contributed by atoms with Crippen molar-refractivity contribution in [1.29, 1.82) is 0 Å². The van der Waals surface area contributed by atoms with Crippen LogP contribution in [0.25, 0.3) is 0 Å². The van der Waals surface area contributed by atoms with Crippen LogP contribution < -0.4 is 0 Å². The lowest BCUT2D eigenvalue weighted by Crippen LogP contribution is -2.14. The second-order valence-electron chi connectivity index (χ2n) is 3.07. The van der Waals surface area contributed by atoms with Crippen LogP contribution in [0.3, 0.4) is 0 Å². The molecule has 1 aliphatic heterocycles. The smallest absolute Gasteiger partial charge is 0.237 e. The van der Waals surface area contributed by atoms with Gasteiger partial charge in [0.2, 0.25) is 14.7 Å². The molecule has 1 rings (SSSR count). The lowest BCUT2D eigenvalue weighted by atomic mass is 10.9. The highest BCUT2D eigenvalue weighted by molar-refractivity contribution is 7.76. The molecule has 0 saturated carbocycles. The van der Waals surface area contributed by atoms with Crippen molar-refractivity contribution in [3.8, 4) is 0 Å². The van der Waals surface area contributed by atoms with Gasteiger partial charge >= 0.3 is 0 Å². The van der Waals surface area contributed by atoms with Gasteiger partial charge in [-0.15, -0.1) is 0 Å². The van der Waals surface area contributed by atoms with E-state index in [2.05, 4.69) is 0 Å². The maximum Gasteiger partial charge on any atom is 0.237 e. The lowest BCUT2D eigenvalue weighted by molar-refractivity contribution is 0.179. The van der Waals surface area contributed by atoms with Crippen LogP contribution in [0.5, 0.6) is 0 Å². The number of rotatable bonds is 4. The molecule has 0 unspecified atom stereocenters. The maximum atomic E-state index is 11.9. The fourth-order valence-electron chi connectivity index (χ4n) is 1.36. The van der Waals surface area contributed by atoms with E-state index < -0.39 is 14.7 Å². The molecule has 5 nitrogen and oxygen atoms in total. The predicted octanol–water partition coefficient (Wildman–Crippen LogP) is 2.52. The molecule has 1 aliphatic rings. The van der Waals surface area contributed by atoms with Gasteiger partial charge in [-0.1, -0.05) is 0 Å². The summed E-state index contributed by atoms with van der Waals surface area (Å²) >= 11 is 0. The van der Waals surface area contributed by atoms with Crippen molar-refractivity contribution in [3.63, 3.8) is 0 Å². The molecule has 0 aromatic carbocycles. The minimum Gasteiger partial charge on any atom is -0.361 e. The molecule has 0 aromatic rings. The summed E-state index contributed by atoms with van der Waals surface area (Å²) in [6, 6.07) is 0. The molecule has 0 spiro atoms. The average Bonchev–Trinajstić information content (AvgIpc) is 2.02. The van der Waals surface area contributed by atoms with Crippen molar-refractivity contribution >= 4 is 14.7 Å². The summed E-state index contributed by atoms with van der Waals surface area (Å²) < 4.78 is 39.1. The van der Waals surface area contributed by atoms with Crippen LogP contribution in [0.2, 0.25) is 0 Å². The summed E-state index contributed by atoms with van der Waals surface area (Å²) in [5, 5.41) is 0. The topological polar surface area (TPSA) is 61.8 Å². The summed E-state index contributed by atoms with van der Waals surface area (Å²) in [6.07, 6.45) is 0.107. The van der Waals surface area contributed by atoms with Crippen molar-refractivity contribution in [3.05, 3.63) is 0 Å². The molecule has 0 amide bonds. The third kappa shape index (κ3) is 3.18. The second kappa shape index (κ2) is 4.91. The highest BCUT2D eigenvalue weighted by Crippen LogP contribution is 2.65.